The van der Waals surface area contributed by atoms with Gasteiger partial charge in [0.05, 0.1) is 23.6 Å². The van der Waals surface area contributed by atoms with Crippen LogP contribution >= 0.6 is 0 Å². The van der Waals surface area contributed by atoms with Crippen molar-refractivity contribution in [3.8, 4) is 11.3 Å². The second-order valence-electron chi connectivity index (χ2n) is 3.18. The van der Waals surface area contributed by atoms with Crippen LogP contribution < -0.4 is 34.7 Å². The third-order valence-electron chi connectivity index (χ3n) is 2.13. The van der Waals surface area contributed by atoms with Crippen molar-refractivity contribution in [2.75, 3.05) is 0 Å². The van der Waals surface area contributed by atoms with Gasteiger partial charge in [0.25, 0.3) is 0 Å². The molecule has 0 fully saturated rings. The van der Waals surface area contributed by atoms with Gasteiger partial charge in [-0.25, -0.2) is 4.39 Å². The van der Waals surface area contributed by atoms with Crippen molar-refractivity contribution in [1.82, 2.24) is 14.8 Å². The van der Waals surface area contributed by atoms with Crippen LogP contribution in [0, 0.1) is 5.82 Å². The average molecular weight is 243 g/mol. The quantitative estimate of drug-likeness (QED) is 0.527. The van der Waals surface area contributed by atoms with E-state index in [4.69, 9.17) is 0 Å². The maximum atomic E-state index is 13.0. The summed E-state index contributed by atoms with van der Waals surface area (Å²) in [7, 11) is 1.47. The summed E-state index contributed by atoms with van der Waals surface area (Å²) in [6.07, 6.45) is 2.57. The topological polar surface area (TPSA) is 70.8 Å². The predicted molar refractivity (Wildman–Crippen MR) is 50.7 cm³/mol. The number of hydrogen-bond acceptors (Lipinski definition) is 4. The predicted octanol–water partition coefficient (Wildman–Crippen LogP) is -3.01. The zero-order valence-corrected chi connectivity index (χ0v) is 11.3. The van der Waals surface area contributed by atoms with E-state index in [1.807, 2.05) is 0 Å². The van der Waals surface area contributed by atoms with Crippen molar-refractivity contribution < 1.29 is 43.8 Å². The Morgan fingerprint density at radius 2 is 2.24 bits per heavy atom. The first-order valence-corrected chi connectivity index (χ1v) is 4.45. The molecule has 7 heteroatoms. The van der Waals surface area contributed by atoms with Crippen LogP contribution in [0.4, 0.5) is 4.39 Å². The second kappa shape index (κ2) is 5.39. The molecule has 17 heavy (non-hydrogen) atoms. The van der Waals surface area contributed by atoms with Gasteiger partial charge in [-0.05, 0) is 6.07 Å². The summed E-state index contributed by atoms with van der Waals surface area (Å²) in [5, 5.41) is 14.6. The van der Waals surface area contributed by atoms with Crippen molar-refractivity contribution in [2.45, 2.75) is 0 Å². The van der Waals surface area contributed by atoms with Gasteiger partial charge in [-0.1, -0.05) is 0 Å². The maximum Gasteiger partial charge on any atom is 1.00 e. The summed E-state index contributed by atoms with van der Waals surface area (Å²) in [4.78, 5) is 14.8. The van der Waals surface area contributed by atoms with Crippen LogP contribution in [0.2, 0.25) is 0 Å². The number of nitrogens with zero attached hydrogens (tertiary/aromatic N) is 3. The van der Waals surface area contributed by atoms with Crippen LogP contribution in [0.25, 0.3) is 11.3 Å². The van der Waals surface area contributed by atoms with Crippen molar-refractivity contribution in [1.29, 1.82) is 0 Å². The Morgan fingerprint density at radius 3 is 2.82 bits per heavy atom. The van der Waals surface area contributed by atoms with Crippen molar-refractivity contribution in [2.24, 2.45) is 7.05 Å². The van der Waals surface area contributed by atoms with Crippen LogP contribution in [0.15, 0.2) is 24.5 Å². The van der Waals surface area contributed by atoms with E-state index in [1.54, 1.807) is 0 Å². The number of carboxylic acid groups (broad SMARTS) is 1. The molecular formula is C10H7FN3NaO2. The van der Waals surface area contributed by atoms with E-state index in [0.717, 1.165) is 10.7 Å². The molecule has 0 unspecified atom stereocenters. The maximum absolute atomic E-state index is 13.0. The van der Waals surface area contributed by atoms with E-state index in [1.165, 1.54) is 25.5 Å². The molecule has 2 aromatic rings. The van der Waals surface area contributed by atoms with E-state index in [2.05, 4.69) is 10.1 Å². The first-order chi connectivity index (χ1) is 7.59. The second-order valence-corrected chi connectivity index (χ2v) is 3.18. The number of pyridine rings is 1. The Kier molecular flexibility index (Phi) is 4.39. The van der Waals surface area contributed by atoms with Gasteiger partial charge < -0.3 is 9.90 Å². The molecular weight excluding hydrogens is 236 g/mol. The number of rotatable bonds is 2. The van der Waals surface area contributed by atoms with Crippen molar-refractivity contribution in [3.05, 3.63) is 36.0 Å². The normalized spacial score (nSPS) is 9.76. The fraction of sp³-hybridized carbons (Fsp3) is 0.100. The number of hydrogen-bond donors (Lipinski definition) is 0. The number of carbonyl (C=O) groups is 1. The molecule has 0 saturated carbocycles. The molecule has 0 aliphatic carbocycles. The Morgan fingerprint density at radius 1 is 1.53 bits per heavy atom. The molecule has 0 aliphatic heterocycles. The molecule has 0 spiro atoms. The Bertz CT molecular complexity index is 556. The molecule has 0 aliphatic rings. The minimum atomic E-state index is -1.37. The summed E-state index contributed by atoms with van der Waals surface area (Å²) >= 11 is 0. The molecule has 5 nitrogen and oxygen atoms in total. The van der Waals surface area contributed by atoms with Gasteiger partial charge in [-0.2, -0.15) is 5.10 Å². The number of aromatic nitrogens is 3. The molecule has 2 rings (SSSR count). The Hall–Kier alpha value is -1.24. The summed E-state index contributed by atoms with van der Waals surface area (Å²) in [6.45, 7) is 0. The molecule has 0 bridgehead atoms. The zero-order chi connectivity index (χ0) is 11.7. The number of carboxylic acids is 1. The molecule has 0 amide bonds. The summed E-state index contributed by atoms with van der Waals surface area (Å²) in [5.74, 6) is -1.86. The van der Waals surface area contributed by atoms with Gasteiger partial charge >= 0.3 is 29.6 Å². The van der Waals surface area contributed by atoms with E-state index in [-0.39, 0.29) is 46.5 Å². The van der Waals surface area contributed by atoms with Gasteiger partial charge in [0.2, 0.25) is 0 Å². The van der Waals surface area contributed by atoms with Crippen molar-refractivity contribution >= 4 is 5.97 Å². The molecule has 2 aromatic heterocycles. The van der Waals surface area contributed by atoms with Crippen LogP contribution in [0.5, 0.6) is 0 Å². The Labute approximate surface area is 119 Å². The Balaban J connectivity index is 0.00000144. The first kappa shape index (κ1) is 13.8. The summed E-state index contributed by atoms with van der Waals surface area (Å²) < 4.78 is 14.1. The van der Waals surface area contributed by atoms with Crippen LogP contribution in [-0.2, 0) is 7.05 Å². The van der Waals surface area contributed by atoms with E-state index >= 15 is 0 Å². The minimum Gasteiger partial charge on any atom is -0.543 e. The molecule has 0 aromatic carbocycles. The first-order valence-electron chi connectivity index (χ1n) is 4.45. The summed E-state index contributed by atoms with van der Waals surface area (Å²) in [6, 6.07) is 2.32. The number of carbonyl (C=O) groups excluding carboxylic acids is 1. The van der Waals surface area contributed by atoms with Gasteiger partial charge in [-0.3, -0.25) is 9.67 Å². The van der Waals surface area contributed by atoms with Gasteiger partial charge in [-0.15, -0.1) is 0 Å². The van der Waals surface area contributed by atoms with Gasteiger partial charge in [0, 0.05) is 24.9 Å². The third kappa shape index (κ3) is 2.71. The van der Waals surface area contributed by atoms with E-state index in [0.29, 0.717) is 0 Å². The minimum absolute atomic E-state index is 0. The largest absolute Gasteiger partial charge is 1.00 e. The van der Waals surface area contributed by atoms with E-state index < -0.39 is 11.8 Å². The zero-order valence-electron chi connectivity index (χ0n) is 9.35. The fourth-order valence-electron chi connectivity index (χ4n) is 1.42. The standard InChI is InChI=1S/C10H8FN3O2.Na/c1-14-9(10(15)16)7(5-13-14)8-4-6(11)2-3-12-8;/h2-5H,1H3,(H,15,16);/q;+1/p-1. The third-order valence-corrected chi connectivity index (χ3v) is 2.13. The molecule has 2 heterocycles. The number of aromatic carboxylic acids is 1. The van der Waals surface area contributed by atoms with E-state index in [9.17, 15) is 14.3 Å². The molecule has 0 atom stereocenters. The van der Waals surface area contributed by atoms with Crippen LogP contribution in [0.3, 0.4) is 0 Å². The molecule has 82 valence electrons. The van der Waals surface area contributed by atoms with Gasteiger partial charge in [0.1, 0.15) is 5.82 Å². The smallest absolute Gasteiger partial charge is 0.543 e. The summed E-state index contributed by atoms with van der Waals surface area (Å²) in [5.41, 5.74) is 0.326. The van der Waals surface area contributed by atoms with Crippen molar-refractivity contribution in [3.63, 3.8) is 0 Å². The molecule has 0 radical (unpaired) electrons. The van der Waals surface area contributed by atoms with Crippen LogP contribution in [-0.4, -0.2) is 20.7 Å². The number of aryl methyl sites for hydroxylation is 1. The monoisotopic (exact) mass is 243 g/mol. The molecule has 0 saturated heterocycles. The fourth-order valence-corrected chi connectivity index (χ4v) is 1.42. The van der Waals surface area contributed by atoms with Gasteiger partial charge in [0.15, 0.2) is 0 Å². The van der Waals surface area contributed by atoms with Crippen LogP contribution in [0.1, 0.15) is 10.5 Å². The SMILES string of the molecule is Cn1ncc(-c2cc(F)ccn2)c1C(=O)[O-].[Na+]. The average Bonchev–Trinajstić information content (AvgIpc) is 2.60. The number of halogens is 1. The molecule has 0 N–H and O–H groups in total.